The van der Waals surface area contributed by atoms with Crippen LogP contribution in [0.5, 0.6) is 0 Å². The molecule has 16 nitrogen and oxygen atoms in total. The van der Waals surface area contributed by atoms with Crippen molar-refractivity contribution >= 4 is 24.0 Å². The summed E-state index contributed by atoms with van der Waals surface area (Å²) in [5.41, 5.74) is 8.89. The summed E-state index contributed by atoms with van der Waals surface area (Å²) in [6.07, 6.45) is 3.76. The van der Waals surface area contributed by atoms with Crippen molar-refractivity contribution in [1.82, 2.24) is 50.1 Å². The van der Waals surface area contributed by atoms with Crippen molar-refractivity contribution in [3.8, 4) is 50.8 Å². The van der Waals surface area contributed by atoms with Crippen molar-refractivity contribution in [3.05, 3.63) is 108 Å². The quantitative estimate of drug-likeness (QED) is 0.0874. The second-order valence-electron chi connectivity index (χ2n) is 19.7. The van der Waals surface area contributed by atoms with Gasteiger partial charge in [0, 0.05) is 36.1 Å². The molecule has 8 rings (SSSR count). The highest BCUT2D eigenvalue weighted by Gasteiger charge is 2.39. The molecule has 3 aromatic carbocycles. The molecule has 3 aromatic heterocycles. The minimum absolute atomic E-state index is 0.00712. The Kier molecular flexibility index (Phi) is 14.1. The van der Waals surface area contributed by atoms with Gasteiger partial charge in [0.05, 0.1) is 43.4 Å². The molecule has 4 amide bonds. The lowest BCUT2D eigenvalue weighted by Gasteiger charge is -2.29. The smallest absolute Gasteiger partial charge is 0.407 e. The van der Waals surface area contributed by atoms with Gasteiger partial charge in [0.2, 0.25) is 11.8 Å². The van der Waals surface area contributed by atoms with E-state index in [4.69, 9.17) is 14.5 Å². The number of methoxy groups -OCH3 is 2. The average Bonchev–Trinajstić information content (AvgIpc) is 4.21. The fourth-order valence-electron chi connectivity index (χ4n) is 9.48. The topological polar surface area (TPSA) is 192 Å². The number of amides is 4. The highest BCUT2D eigenvalue weighted by Crippen LogP contribution is 2.37. The SMILES string of the molecule is COC(=O)N[C@H](C(=O)N1CCC[C@H]1c1nc(-c2ccc(-c3ccc(-c4ccc(-c5nnc([C@@H]6CCCN6C(=O)[C@@H](NC(=O)OC)C(C)C)[nH]5)cc4)n3-c3ccc(C(C)(C)C)cc3)cc2)c[nH]1)C(C)C. The van der Waals surface area contributed by atoms with Crippen molar-refractivity contribution in [2.75, 3.05) is 27.3 Å². The number of rotatable bonds is 13. The van der Waals surface area contributed by atoms with E-state index in [1.54, 1.807) is 4.90 Å². The Hall–Kier alpha value is -7.23. The van der Waals surface area contributed by atoms with Gasteiger partial charge < -0.3 is 44.4 Å². The molecule has 2 aliphatic rings. The molecule has 6 aromatic rings. The van der Waals surface area contributed by atoms with Crippen molar-refractivity contribution in [2.24, 2.45) is 11.8 Å². The van der Waals surface area contributed by atoms with E-state index in [0.29, 0.717) is 30.6 Å². The van der Waals surface area contributed by atoms with E-state index < -0.39 is 24.3 Å². The zero-order valence-corrected chi connectivity index (χ0v) is 41.0. The van der Waals surface area contributed by atoms with Crippen molar-refractivity contribution in [2.45, 2.75) is 104 Å². The molecule has 0 radical (unpaired) electrons. The van der Waals surface area contributed by atoms with Gasteiger partial charge in [-0.05, 0) is 83.9 Å². The van der Waals surface area contributed by atoms with Crippen LogP contribution in [0.2, 0.25) is 0 Å². The third-order valence-corrected chi connectivity index (χ3v) is 13.4. The molecule has 2 fully saturated rings. The fourth-order valence-corrected chi connectivity index (χ4v) is 9.48. The highest BCUT2D eigenvalue weighted by atomic mass is 16.5. The molecule has 16 heteroatoms. The number of carbonyl (C=O) groups is 4. The lowest BCUT2D eigenvalue weighted by molar-refractivity contribution is -0.136. The fraction of sp³-hybridized carbons (Fsp3) is 0.415. The molecule has 0 bridgehead atoms. The van der Waals surface area contributed by atoms with E-state index in [-0.39, 0.29) is 41.1 Å². The zero-order chi connectivity index (χ0) is 49.1. The molecule has 5 heterocycles. The molecule has 0 aliphatic carbocycles. The molecule has 4 atom stereocenters. The van der Waals surface area contributed by atoms with Gasteiger partial charge in [-0.25, -0.2) is 14.6 Å². The van der Waals surface area contributed by atoms with Crippen molar-refractivity contribution in [1.29, 1.82) is 0 Å². The Morgan fingerprint density at radius 1 is 0.638 bits per heavy atom. The minimum Gasteiger partial charge on any atom is -0.453 e. The summed E-state index contributed by atoms with van der Waals surface area (Å²) >= 11 is 0. The summed E-state index contributed by atoms with van der Waals surface area (Å²) in [4.78, 5) is 67.0. The van der Waals surface area contributed by atoms with Gasteiger partial charge in [0.25, 0.3) is 0 Å². The number of carbonyl (C=O) groups excluding carboxylic acids is 4. The van der Waals surface area contributed by atoms with Crippen LogP contribution in [-0.4, -0.2) is 103 Å². The summed E-state index contributed by atoms with van der Waals surface area (Å²) in [5.74, 6) is 1.34. The minimum atomic E-state index is -0.725. The molecule has 2 aliphatic heterocycles. The third-order valence-electron chi connectivity index (χ3n) is 13.4. The molecule has 69 heavy (non-hydrogen) atoms. The van der Waals surface area contributed by atoms with E-state index in [0.717, 1.165) is 70.7 Å². The number of aromatic amines is 2. The zero-order valence-electron chi connectivity index (χ0n) is 41.0. The van der Waals surface area contributed by atoms with E-state index in [2.05, 4.69) is 129 Å². The summed E-state index contributed by atoms with van der Waals surface area (Å²) in [6.45, 7) is 15.4. The Labute approximate surface area is 403 Å². The predicted octanol–water partition coefficient (Wildman–Crippen LogP) is 9.37. The Morgan fingerprint density at radius 2 is 1.12 bits per heavy atom. The number of H-pyrrole nitrogens is 2. The van der Waals surface area contributed by atoms with E-state index in [1.807, 2.05) is 50.9 Å². The summed E-state index contributed by atoms with van der Waals surface area (Å²) in [6, 6.07) is 27.7. The van der Waals surface area contributed by atoms with Crippen LogP contribution in [0.25, 0.3) is 50.8 Å². The molecular formula is C53H64N10O6. The number of nitrogens with one attached hydrogen (secondary N) is 4. The van der Waals surface area contributed by atoms with E-state index >= 15 is 0 Å². The first kappa shape index (κ1) is 48.2. The number of nitrogens with zero attached hydrogens (tertiary/aromatic N) is 6. The van der Waals surface area contributed by atoms with Crippen LogP contribution < -0.4 is 10.6 Å². The maximum absolute atomic E-state index is 13.7. The number of ether oxygens (including phenoxy) is 2. The van der Waals surface area contributed by atoms with Gasteiger partial charge in [-0.1, -0.05) is 109 Å². The molecule has 4 N–H and O–H groups in total. The number of hydrogen-bond acceptors (Lipinski definition) is 9. The normalized spacial score (nSPS) is 17.0. The maximum Gasteiger partial charge on any atom is 0.407 e. The summed E-state index contributed by atoms with van der Waals surface area (Å²) in [5, 5.41) is 14.4. The first-order chi connectivity index (χ1) is 33.1. The summed E-state index contributed by atoms with van der Waals surface area (Å²) < 4.78 is 11.9. The second kappa shape index (κ2) is 20.2. The van der Waals surface area contributed by atoms with Crippen LogP contribution in [0.15, 0.2) is 91.1 Å². The van der Waals surface area contributed by atoms with Crippen molar-refractivity contribution in [3.63, 3.8) is 0 Å². The van der Waals surface area contributed by atoms with Crippen LogP contribution in [0.3, 0.4) is 0 Å². The lowest BCUT2D eigenvalue weighted by Crippen LogP contribution is -2.51. The molecule has 0 spiro atoms. The third kappa shape index (κ3) is 10.2. The van der Waals surface area contributed by atoms with Crippen LogP contribution in [-0.2, 0) is 24.5 Å². The predicted molar refractivity (Wildman–Crippen MR) is 264 cm³/mol. The number of likely N-dealkylation sites (tertiary alicyclic amines) is 2. The molecule has 362 valence electrons. The monoisotopic (exact) mass is 937 g/mol. The number of alkyl carbamates (subject to hydrolysis) is 2. The first-order valence-electron chi connectivity index (χ1n) is 23.9. The van der Waals surface area contributed by atoms with Gasteiger partial charge in [-0.3, -0.25) is 9.59 Å². The average molecular weight is 937 g/mol. The second-order valence-corrected chi connectivity index (χ2v) is 19.7. The molecule has 0 saturated carbocycles. The van der Waals surface area contributed by atoms with Crippen LogP contribution in [0.4, 0.5) is 9.59 Å². The van der Waals surface area contributed by atoms with Gasteiger partial charge in [0.1, 0.15) is 17.9 Å². The lowest BCUT2D eigenvalue weighted by atomic mass is 9.87. The number of aromatic nitrogens is 6. The van der Waals surface area contributed by atoms with Gasteiger partial charge in [-0.15, -0.1) is 10.2 Å². The maximum atomic E-state index is 13.7. The van der Waals surface area contributed by atoms with E-state index in [1.165, 1.54) is 19.8 Å². The summed E-state index contributed by atoms with van der Waals surface area (Å²) in [7, 11) is 2.58. The Morgan fingerprint density at radius 3 is 1.59 bits per heavy atom. The number of hydrogen-bond donors (Lipinski definition) is 4. The highest BCUT2D eigenvalue weighted by molar-refractivity contribution is 5.87. The standard InChI is InChI=1S/C53H64N10O6/c1-31(2)44(56-51(66)68-8)49(64)61-28-10-12-42(61)47-54-30-39(55-47)33-14-16-34(17-15-33)40-26-27-41(63(40)38-24-22-37(23-25-38)53(5,6)7)35-18-20-36(21-19-35)46-58-48(60-59-46)43-13-11-29-62(43)50(65)45(32(3)4)57-52(67)69-9/h14-27,30-32,42-45H,10-13,28-29H2,1-9H3,(H,54,55)(H,56,66)(H,57,67)(H,58,59,60)/t42-,43-,44-,45-/m0/s1. The Bertz CT molecular complexity index is 2610. The van der Waals surface area contributed by atoms with E-state index in [9.17, 15) is 19.2 Å². The Balaban J connectivity index is 1.04. The number of imidazole rings is 1. The van der Waals surface area contributed by atoms with Crippen LogP contribution >= 0.6 is 0 Å². The van der Waals surface area contributed by atoms with Crippen molar-refractivity contribution < 1.29 is 28.7 Å². The molecular weight excluding hydrogens is 873 g/mol. The van der Waals surface area contributed by atoms with Gasteiger partial charge in [-0.2, -0.15) is 0 Å². The first-order valence-corrected chi connectivity index (χ1v) is 23.9. The number of benzene rings is 3. The molecule has 2 saturated heterocycles. The van der Waals surface area contributed by atoms with Gasteiger partial charge >= 0.3 is 12.2 Å². The largest absolute Gasteiger partial charge is 0.453 e. The van der Waals surface area contributed by atoms with Crippen LogP contribution in [0.1, 0.15) is 103 Å². The van der Waals surface area contributed by atoms with Gasteiger partial charge in [0.15, 0.2) is 11.6 Å². The molecule has 0 unspecified atom stereocenters. The van der Waals surface area contributed by atoms with Crippen LogP contribution in [0, 0.1) is 11.8 Å².